The lowest BCUT2D eigenvalue weighted by molar-refractivity contribution is -0.202. The molecule has 10 nitrogen and oxygen atoms in total. The largest absolute Gasteiger partial charge is 0.411 e. The summed E-state index contributed by atoms with van der Waals surface area (Å²) in [5.41, 5.74) is 1.27. The molecule has 3 amide bonds. The van der Waals surface area contributed by atoms with Gasteiger partial charge in [0.05, 0.1) is 31.0 Å². The number of hydrogen-bond donors (Lipinski definition) is 1. The zero-order chi connectivity index (χ0) is 26.2. The van der Waals surface area contributed by atoms with Crippen LogP contribution in [0.2, 0.25) is 0 Å². The summed E-state index contributed by atoms with van der Waals surface area (Å²) in [6.07, 6.45) is -5.07. The first-order chi connectivity index (χ1) is 17.0. The lowest BCUT2D eigenvalue weighted by Gasteiger charge is -2.33. The van der Waals surface area contributed by atoms with Crippen molar-refractivity contribution in [3.63, 3.8) is 0 Å². The smallest absolute Gasteiger partial charge is 0.369 e. The Balaban J connectivity index is 1.54. The van der Waals surface area contributed by atoms with E-state index in [9.17, 15) is 27.2 Å². The SMILES string of the molecule is C[C@@H]1Cc2nn3c(c2CN1C(=O)Nc1ccc(F)c(C#N)c1)C(=O)N(C)O[C@H](COCC(F)(F)F)C3. The van der Waals surface area contributed by atoms with Gasteiger partial charge in [0.15, 0.2) is 0 Å². The van der Waals surface area contributed by atoms with Crippen LogP contribution in [0.1, 0.15) is 34.2 Å². The van der Waals surface area contributed by atoms with Crippen LogP contribution >= 0.6 is 0 Å². The van der Waals surface area contributed by atoms with Crippen molar-refractivity contribution in [2.75, 3.05) is 25.6 Å². The van der Waals surface area contributed by atoms with Crippen LogP contribution < -0.4 is 5.32 Å². The summed E-state index contributed by atoms with van der Waals surface area (Å²) in [5, 5.41) is 17.0. The van der Waals surface area contributed by atoms with Crippen LogP contribution in [0.3, 0.4) is 0 Å². The molecule has 1 N–H and O–H groups in total. The zero-order valence-electron chi connectivity index (χ0n) is 19.3. The summed E-state index contributed by atoms with van der Waals surface area (Å²) in [5.74, 6) is -1.27. The van der Waals surface area contributed by atoms with Crippen LogP contribution in [0.5, 0.6) is 0 Å². The van der Waals surface area contributed by atoms with E-state index in [2.05, 4.69) is 10.4 Å². The third kappa shape index (κ3) is 5.26. The molecule has 1 aromatic heterocycles. The summed E-state index contributed by atoms with van der Waals surface area (Å²) < 4.78 is 57.0. The number of nitrogens with zero attached hydrogens (tertiary/aromatic N) is 5. The number of hydrogen-bond acceptors (Lipinski definition) is 6. The molecule has 0 spiro atoms. The minimum atomic E-state index is -4.49. The van der Waals surface area contributed by atoms with Gasteiger partial charge in [0.2, 0.25) is 0 Å². The Morgan fingerprint density at radius 2 is 2.14 bits per heavy atom. The van der Waals surface area contributed by atoms with Gasteiger partial charge in [-0.3, -0.25) is 14.3 Å². The van der Waals surface area contributed by atoms with Crippen molar-refractivity contribution in [3.05, 3.63) is 46.5 Å². The number of alkyl halides is 3. The number of carbonyl (C=O) groups is 2. The molecular weight excluding hydrogens is 488 g/mol. The van der Waals surface area contributed by atoms with Crippen molar-refractivity contribution < 1.29 is 36.7 Å². The number of fused-ring (bicyclic) bond motifs is 3. The van der Waals surface area contributed by atoms with Crippen molar-refractivity contribution in [3.8, 4) is 6.07 Å². The highest BCUT2D eigenvalue weighted by molar-refractivity contribution is 5.94. The number of anilines is 1. The standard InChI is InChI=1S/C22H22F4N6O4/c1-12-5-18-16(9-31(12)21(34)28-14-3-4-17(23)13(6-14)7-27)19-20(33)30(2)36-15(8-32(19)29-18)10-35-11-22(24,25)26/h3-4,6,12,15H,5,8-11H2,1-2H3,(H,28,34)/t12-,15+/m1/s1. The van der Waals surface area contributed by atoms with Gasteiger partial charge in [0.1, 0.15) is 30.3 Å². The molecule has 0 bridgehead atoms. The Morgan fingerprint density at radius 1 is 1.39 bits per heavy atom. The van der Waals surface area contributed by atoms with Crippen LogP contribution in [0, 0.1) is 17.1 Å². The number of hydroxylamine groups is 2. The van der Waals surface area contributed by atoms with Gasteiger partial charge >= 0.3 is 12.2 Å². The van der Waals surface area contributed by atoms with Gasteiger partial charge in [-0.25, -0.2) is 14.2 Å². The van der Waals surface area contributed by atoms with E-state index in [0.717, 1.165) is 11.1 Å². The highest BCUT2D eigenvalue weighted by Crippen LogP contribution is 2.29. The average Bonchev–Trinajstić information content (AvgIpc) is 3.08. The monoisotopic (exact) mass is 510 g/mol. The quantitative estimate of drug-likeness (QED) is 0.633. The van der Waals surface area contributed by atoms with E-state index in [0.29, 0.717) is 17.7 Å². The first kappa shape index (κ1) is 25.4. The van der Waals surface area contributed by atoms with Crippen LogP contribution in [0.15, 0.2) is 18.2 Å². The normalized spacial score (nSPS) is 19.9. The van der Waals surface area contributed by atoms with Gasteiger partial charge in [-0.15, -0.1) is 0 Å². The molecule has 0 radical (unpaired) electrons. The van der Waals surface area contributed by atoms with Crippen molar-refractivity contribution in [2.45, 2.75) is 44.8 Å². The molecule has 1 aromatic carbocycles. The van der Waals surface area contributed by atoms with Crippen molar-refractivity contribution >= 4 is 17.6 Å². The maximum absolute atomic E-state index is 13.6. The molecule has 2 atom stereocenters. The highest BCUT2D eigenvalue weighted by atomic mass is 19.4. The maximum Gasteiger partial charge on any atom is 0.411 e. The van der Waals surface area contributed by atoms with Crippen LogP contribution in [-0.4, -0.2) is 70.3 Å². The third-order valence-corrected chi connectivity index (χ3v) is 5.82. The Hall–Kier alpha value is -3.70. The van der Waals surface area contributed by atoms with Gasteiger partial charge in [0.25, 0.3) is 5.91 Å². The molecule has 0 unspecified atom stereocenters. The molecule has 0 saturated heterocycles. The zero-order valence-corrected chi connectivity index (χ0v) is 19.3. The summed E-state index contributed by atoms with van der Waals surface area (Å²) >= 11 is 0. The predicted octanol–water partition coefficient (Wildman–Crippen LogP) is 2.84. The van der Waals surface area contributed by atoms with Crippen molar-refractivity contribution in [1.82, 2.24) is 19.7 Å². The van der Waals surface area contributed by atoms with E-state index < -0.39 is 43.2 Å². The van der Waals surface area contributed by atoms with Crippen LogP contribution in [0.25, 0.3) is 0 Å². The van der Waals surface area contributed by atoms with Gasteiger partial charge in [-0.1, -0.05) is 0 Å². The Labute approximate surface area is 202 Å². The average molecular weight is 510 g/mol. The van der Waals surface area contributed by atoms with Crippen LogP contribution in [-0.2, 0) is 29.1 Å². The first-order valence-corrected chi connectivity index (χ1v) is 10.9. The molecule has 0 aliphatic carbocycles. The Bertz CT molecular complexity index is 1220. The molecule has 4 rings (SSSR count). The van der Waals surface area contributed by atoms with E-state index >= 15 is 0 Å². The number of benzene rings is 1. The number of nitrogens with one attached hydrogen (secondary N) is 1. The number of carbonyl (C=O) groups excluding carboxylic acids is 2. The minimum Gasteiger partial charge on any atom is -0.369 e. The summed E-state index contributed by atoms with van der Waals surface area (Å²) in [7, 11) is 1.34. The third-order valence-electron chi connectivity index (χ3n) is 5.82. The lowest BCUT2D eigenvalue weighted by Crippen LogP contribution is -2.45. The number of halogens is 4. The number of aromatic nitrogens is 2. The number of nitriles is 1. The highest BCUT2D eigenvalue weighted by Gasteiger charge is 2.38. The second-order valence-corrected chi connectivity index (χ2v) is 8.53. The maximum atomic E-state index is 13.6. The van der Waals surface area contributed by atoms with Crippen LogP contribution in [0.4, 0.5) is 28.0 Å². The fraction of sp³-hybridized carbons (Fsp3) is 0.455. The van der Waals surface area contributed by atoms with E-state index in [1.807, 2.05) is 0 Å². The molecule has 14 heteroatoms. The summed E-state index contributed by atoms with van der Waals surface area (Å²) in [6.45, 7) is -0.0572. The van der Waals surface area contributed by atoms with Gasteiger partial charge in [-0.2, -0.15) is 23.5 Å². The van der Waals surface area contributed by atoms with Crippen molar-refractivity contribution in [2.24, 2.45) is 0 Å². The molecule has 0 saturated carbocycles. The minimum absolute atomic E-state index is 0.0244. The molecule has 2 aliphatic rings. The Morgan fingerprint density at radius 3 is 2.83 bits per heavy atom. The molecule has 0 fully saturated rings. The van der Waals surface area contributed by atoms with Gasteiger partial charge in [-0.05, 0) is 25.1 Å². The lowest BCUT2D eigenvalue weighted by atomic mass is 9.99. The molecule has 3 heterocycles. The first-order valence-electron chi connectivity index (χ1n) is 10.9. The molecular formula is C22H22F4N6O4. The van der Waals surface area contributed by atoms with E-state index in [1.165, 1.54) is 28.8 Å². The second-order valence-electron chi connectivity index (χ2n) is 8.53. The molecule has 36 heavy (non-hydrogen) atoms. The fourth-order valence-corrected chi connectivity index (χ4v) is 4.16. The second kappa shape index (κ2) is 9.75. The Kier molecular flexibility index (Phi) is 6.87. The predicted molar refractivity (Wildman–Crippen MR) is 115 cm³/mol. The van der Waals surface area contributed by atoms with Gasteiger partial charge < -0.3 is 15.0 Å². The van der Waals surface area contributed by atoms with E-state index in [-0.39, 0.29) is 36.1 Å². The molecule has 192 valence electrons. The number of amides is 3. The van der Waals surface area contributed by atoms with E-state index in [4.69, 9.17) is 14.8 Å². The topological polar surface area (TPSA) is 113 Å². The van der Waals surface area contributed by atoms with E-state index in [1.54, 1.807) is 13.0 Å². The number of urea groups is 1. The number of rotatable bonds is 4. The summed E-state index contributed by atoms with van der Waals surface area (Å²) in [4.78, 5) is 33.0. The number of ether oxygens (including phenoxy) is 1. The van der Waals surface area contributed by atoms with Gasteiger partial charge in [0, 0.05) is 30.8 Å². The summed E-state index contributed by atoms with van der Waals surface area (Å²) in [6, 6.07) is 4.50. The van der Waals surface area contributed by atoms with Crippen molar-refractivity contribution in [1.29, 1.82) is 5.26 Å². The molecule has 2 aromatic rings. The fourth-order valence-electron chi connectivity index (χ4n) is 4.16. The molecule has 2 aliphatic heterocycles.